The lowest BCUT2D eigenvalue weighted by molar-refractivity contribution is -0.137. The van der Waals surface area contributed by atoms with Gasteiger partial charge in [-0.1, -0.05) is 17.7 Å². The fourth-order valence-electron chi connectivity index (χ4n) is 3.59. The summed E-state index contributed by atoms with van der Waals surface area (Å²) in [5.41, 5.74) is -0.0432. The van der Waals surface area contributed by atoms with Gasteiger partial charge in [-0.2, -0.15) is 13.2 Å². The van der Waals surface area contributed by atoms with Gasteiger partial charge in [0.1, 0.15) is 6.54 Å². The van der Waals surface area contributed by atoms with Crippen LogP contribution in [0.4, 0.5) is 18.9 Å². The highest BCUT2D eigenvalue weighted by Crippen LogP contribution is 2.30. The van der Waals surface area contributed by atoms with Gasteiger partial charge in [0.15, 0.2) is 5.78 Å². The molecule has 0 aliphatic rings. The molecule has 1 amide bonds. The van der Waals surface area contributed by atoms with Gasteiger partial charge in [-0.3, -0.25) is 19.4 Å². The van der Waals surface area contributed by atoms with E-state index in [0.717, 1.165) is 17.7 Å². The largest absolute Gasteiger partial charge is 0.416 e. The average molecular weight is 465 g/mol. The van der Waals surface area contributed by atoms with E-state index in [9.17, 15) is 27.6 Å². The van der Waals surface area contributed by atoms with Gasteiger partial charge in [0, 0.05) is 35.2 Å². The predicted octanol–water partition coefficient (Wildman–Crippen LogP) is 4.59. The molecule has 34 heavy (non-hydrogen) atoms. The second-order valence-corrected chi connectivity index (χ2v) is 7.71. The van der Waals surface area contributed by atoms with Crippen molar-refractivity contribution in [1.82, 2.24) is 9.55 Å². The van der Waals surface area contributed by atoms with Crippen molar-refractivity contribution in [1.29, 1.82) is 0 Å². The topological polar surface area (TPSA) is 81.1 Å². The van der Waals surface area contributed by atoms with Gasteiger partial charge in [-0.15, -0.1) is 0 Å². The molecule has 0 unspecified atom stereocenters. The smallest absolute Gasteiger partial charge is 0.337 e. The van der Waals surface area contributed by atoms with Crippen molar-refractivity contribution in [3.63, 3.8) is 0 Å². The number of benzene rings is 2. The van der Waals surface area contributed by atoms with Gasteiger partial charge in [0.25, 0.3) is 0 Å². The van der Waals surface area contributed by atoms with Gasteiger partial charge in [-0.25, -0.2) is 0 Å². The summed E-state index contributed by atoms with van der Waals surface area (Å²) < 4.78 is 40.4. The van der Waals surface area contributed by atoms with Crippen LogP contribution in [0.25, 0.3) is 10.9 Å². The van der Waals surface area contributed by atoms with Crippen LogP contribution >= 0.6 is 0 Å². The molecule has 0 bridgehead atoms. The monoisotopic (exact) mass is 465 g/mol. The zero-order valence-corrected chi connectivity index (χ0v) is 17.9. The molecule has 2 heterocycles. The Kier molecular flexibility index (Phi) is 6.02. The number of hydrogen-bond donors (Lipinski definition) is 1. The molecule has 6 nitrogen and oxygen atoms in total. The number of halogens is 3. The predicted molar refractivity (Wildman–Crippen MR) is 121 cm³/mol. The number of carbonyl (C=O) groups excluding carboxylic acids is 2. The van der Waals surface area contributed by atoms with Crippen LogP contribution in [0.1, 0.15) is 27.0 Å². The first-order valence-electron chi connectivity index (χ1n) is 10.2. The summed E-state index contributed by atoms with van der Waals surface area (Å²) in [6.45, 7) is 1.47. The summed E-state index contributed by atoms with van der Waals surface area (Å²) in [6, 6.07) is 12.3. The summed E-state index contributed by atoms with van der Waals surface area (Å²) in [5, 5.41) is 2.70. The molecule has 2 aromatic carbocycles. The van der Waals surface area contributed by atoms with Gasteiger partial charge in [0.2, 0.25) is 11.3 Å². The van der Waals surface area contributed by atoms with Crippen LogP contribution < -0.4 is 10.7 Å². The number of fused-ring (bicyclic) bond motifs is 1. The minimum atomic E-state index is -4.55. The molecule has 0 atom stereocenters. The SMILES string of the molecule is Cc1ccc2c(c1)c(=O)c(C(=O)c1ccncc1)cn2CC(=O)Nc1cccc(C(F)(F)F)c1. The fraction of sp³-hybridized carbons (Fsp3) is 0.120. The van der Waals surface area contributed by atoms with Gasteiger partial charge >= 0.3 is 6.18 Å². The Balaban J connectivity index is 1.72. The van der Waals surface area contributed by atoms with Crippen molar-refractivity contribution >= 4 is 28.3 Å². The number of carbonyl (C=O) groups is 2. The lowest BCUT2D eigenvalue weighted by Crippen LogP contribution is -2.24. The van der Waals surface area contributed by atoms with E-state index in [2.05, 4.69) is 10.3 Å². The van der Waals surface area contributed by atoms with Gasteiger partial charge < -0.3 is 9.88 Å². The maximum absolute atomic E-state index is 13.1. The summed E-state index contributed by atoms with van der Waals surface area (Å²) in [4.78, 5) is 42.7. The van der Waals surface area contributed by atoms with Crippen LogP contribution in [0, 0.1) is 6.92 Å². The van der Waals surface area contributed by atoms with E-state index in [-0.39, 0.29) is 28.7 Å². The number of rotatable bonds is 5. The molecule has 0 aliphatic carbocycles. The van der Waals surface area contributed by atoms with E-state index < -0.39 is 28.9 Å². The van der Waals surface area contributed by atoms with Crippen LogP contribution in [0.2, 0.25) is 0 Å². The van der Waals surface area contributed by atoms with Crippen LogP contribution in [0.3, 0.4) is 0 Å². The molecule has 0 saturated carbocycles. The van der Waals surface area contributed by atoms with Crippen LogP contribution in [0.15, 0.2) is 78.0 Å². The molecule has 0 aliphatic heterocycles. The second-order valence-electron chi connectivity index (χ2n) is 7.71. The summed E-state index contributed by atoms with van der Waals surface area (Å²) in [5.74, 6) is -1.14. The Bertz CT molecular complexity index is 1460. The number of alkyl halides is 3. The van der Waals surface area contributed by atoms with E-state index in [1.807, 2.05) is 0 Å². The number of aryl methyl sites for hydroxylation is 1. The fourth-order valence-corrected chi connectivity index (χ4v) is 3.59. The summed E-state index contributed by atoms with van der Waals surface area (Å²) >= 11 is 0. The second kappa shape index (κ2) is 8.93. The molecule has 0 saturated heterocycles. The van der Waals surface area contributed by atoms with E-state index in [4.69, 9.17) is 0 Å². The third-order valence-electron chi connectivity index (χ3n) is 5.21. The van der Waals surface area contributed by atoms with Crippen molar-refractivity contribution < 1.29 is 22.8 Å². The average Bonchev–Trinajstić information content (AvgIpc) is 2.80. The lowest BCUT2D eigenvalue weighted by atomic mass is 10.0. The molecular weight excluding hydrogens is 447 g/mol. The number of aromatic nitrogens is 2. The minimum absolute atomic E-state index is 0.0193. The number of pyridine rings is 2. The Hall–Kier alpha value is -4.27. The van der Waals surface area contributed by atoms with Crippen molar-refractivity contribution in [2.45, 2.75) is 19.6 Å². The number of anilines is 1. The maximum Gasteiger partial charge on any atom is 0.416 e. The van der Waals surface area contributed by atoms with Crippen LogP contribution in [-0.2, 0) is 17.5 Å². The highest BCUT2D eigenvalue weighted by Gasteiger charge is 2.30. The molecule has 4 aromatic rings. The van der Waals surface area contributed by atoms with E-state index in [1.54, 1.807) is 25.1 Å². The van der Waals surface area contributed by atoms with Crippen molar-refractivity contribution in [2.75, 3.05) is 5.32 Å². The van der Waals surface area contributed by atoms with E-state index >= 15 is 0 Å². The Morgan fingerprint density at radius 3 is 2.47 bits per heavy atom. The first-order chi connectivity index (χ1) is 16.1. The van der Waals surface area contributed by atoms with Gasteiger partial charge in [-0.05, 0) is 49.4 Å². The number of amides is 1. The molecular formula is C25H18F3N3O3. The standard InChI is InChI=1S/C25H18F3N3O3/c1-15-5-6-21-19(11-15)24(34)20(23(33)16-7-9-29-10-8-16)13-31(21)14-22(32)30-18-4-2-3-17(12-18)25(26,27)28/h2-13H,14H2,1H3,(H,30,32). The molecule has 0 radical (unpaired) electrons. The third kappa shape index (κ3) is 4.73. The van der Waals surface area contributed by atoms with Crippen molar-refractivity contribution in [3.05, 3.63) is 106 Å². The highest BCUT2D eigenvalue weighted by molar-refractivity contribution is 6.10. The number of ketones is 1. The normalized spacial score (nSPS) is 11.4. The molecule has 0 fully saturated rings. The van der Waals surface area contributed by atoms with E-state index in [0.29, 0.717) is 5.52 Å². The van der Waals surface area contributed by atoms with Crippen molar-refractivity contribution in [2.24, 2.45) is 0 Å². The lowest BCUT2D eigenvalue weighted by Gasteiger charge is -2.14. The van der Waals surface area contributed by atoms with E-state index in [1.165, 1.54) is 47.4 Å². The quantitative estimate of drug-likeness (QED) is 0.437. The van der Waals surface area contributed by atoms with Gasteiger partial charge in [0.05, 0.1) is 16.6 Å². The molecule has 172 valence electrons. The highest BCUT2D eigenvalue weighted by atomic mass is 19.4. The van der Waals surface area contributed by atoms with Crippen LogP contribution in [0.5, 0.6) is 0 Å². The first kappa shape index (κ1) is 22.9. The zero-order valence-electron chi connectivity index (χ0n) is 17.9. The number of nitrogens with zero attached hydrogens (tertiary/aromatic N) is 2. The molecule has 1 N–H and O–H groups in total. The molecule has 4 rings (SSSR count). The number of hydrogen-bond acceptors (Lipinski definition) is 4. The Labute approximate surface area is 191 Å². The third-order valence-corrected chi connectivity index (χ3v) is 5.21. The minimum Gasteiger partial charge on any atom is -0.337 e. The Morgan fingerprint density at radius 1 is 1.03 bits per heavy atom. The zero-order chi connectivity index (χ0) is 24.5. The molecule has 0 spiro atoms. The first-order valence-corrected chi connectivity index (χ1v) is 10.2. The molecule has 9 heteroatoms. The van der Waals surface area contributed by atoms with Crippen LogP contribution in [-0.4, -0.2) is 21.2 Å². The molecule has 2 aromatic heterocycles. The summed E-state index contributed by atoms with van der Waals surface area (Å²) in [6.07, 6.45) is -0.386. The Morgan fingerprint density at radius 2 is 1.76 bits per heavy atom. The maximum atomic E-state index is 13.1. The number of nitrogens with one attached hydrogen (secondary N) is 1. The summed E-state index contributed by atoms with van der Waals surface area (Å²) in [7, 11) is 0. The van der Waals surface area contributed by atoms with Crippen molar-refractivity contribution in [3.8, 4) is 0 Å².